The normalized spacial score (nSPS) is 19.8. The van der Waals surface area contributed by atoms with Gasteiger partial charge in [0, 0.05) is 45.5 Å². The second-order valence-corrected chi connectivity index (χ2v) is 6.91. The Morgan fingerprint density at radius 3 is 2.74 bits per heavy atom. The van der Waals surface area contributed by atoms with Crippen LogP contribution in [0.15, 0.2) is 24.4 Å². The van der Waals surface area contributed by atoms with Gasteiger partial charge in [0.25, 0.3) is 0 Å². The second kappa shape index (κ2) is 9.66. The maximum atomic E-state index is 12.6. The van der Waals surface area contributed by atoms with Gasteiger partial charge in [0.2, 0.25) is 5.91 Å². The predicted octanol–water partition coefficient (Wildman–Crippen LogP) is 0.719. The minimum absolute atomic E-state index is 0.00358. The molecule has 0 aromatic carbocycles. The number of rotatable bonds is 6. The number of urea groups is 1. The third-order valence-electron chi connectivity index (χ3n) is 5.06. The average Bonchev–Trinajstić information content (AvgIpc) is 2.71. The molecule has 8 heteroatoms. The third-order valence-corrected chi connectivity index (χ3v) is 5.06. The number of aromatic nitrogens is 1. The van der Waals surface area contributed by atoms with Crippen LogP contribution in [0.1, 0.15) is 25.1 Å². The number of pyridine rings is 1. The zero-order valence-corrected chi connectivity index (χ0v) is 16.0. The van der Waals surface area contributed by atoms with E-state index in [0.29, 0.717) is 32.8 Å². The van der Waals surface area contributed by atoms with Crippen LogP contribution in [0.5, 0.6) is 0 Å². The summed E-state index contributed by atoms with van der Waals surface area (Å²) >= 11 is 0. The summed E-state index contributed by atoms with van der Waals surface area (Å²) in [7, 11) is 0. The fourth-order valence-corrected chi connectivity index (χ4v) is 3.57. The molecule has 1 aromatic rings. The standard InChI is InChI=1S/C19H29N5O3/c1-2-7-23-8-9-24(15-18(23)25)19(26)21-14-17(16-5-3-4-6-20-16)22-10-12-27-13-11-22/h3-6,17H,2,7-15H2,1H3,(H,21,26)/t17-/m0/s1. The first-order valence-corrected chi connectivity index (χ1v) is 9.72. The number of hydrogen-bond acceptors (Lipinski definition) is 5. The van der Waals surface area contributed by atoms with Crippen molar-refractivity contribution < 1.29 is 14.3 Å². The Labute approximate surface area is 160 Å². The topological polar surface area (TPSA) is 78.0 Å². The molecule has 0 bridgehead atoms. The molecule has 2 fully saturated rings. The van der Waals surface area contributed by atoms with Crippen LogP contribution in [-0.2, 0) is 9.53 Å². The van der Waals surface area contributed by atoms with Crippen LogP contribution in [0.3, 0.4) is 0 Å². The molecule has 0 spiro atoms. The number of hydrogen-bond donors (Lipinski definition) is 1. The molecule has 1 atom stereocenters. The summed E-state index contributed by atoms with van der Waals surface area (Å²) in [5.41, 5.74) is 0.934. The number of nitrogens with zero attached hydrogens (tertiary/aromatic N) is 4. The summed E-state index contributed by atoms with van der Waals surface area (Å²) in [6.07, 6.45) is 2.71. The van der Waals surface area contributed by atoms with Crippen LogP contribution >= 0.6 is 0 Å². The van der Waals surface area contributed by atoms with E-state index in [4.69, 9.17) is 4.74 Å². The highest BCUT2D eigenvalue weighted by molar-refractivity contribution is 5.85. The van der Waals surface area contributed by atoms with Gasteiger partial charge in [-0.3, -0.25) is 14.7 Å². The molecule has 3 heterocycles. The molecule has 148 valence electrons. The summed E-state index contributed by atoms with van der Waals surface area (Å²) in [6, 6.07) is 5.65. The quantitative estimate of drug-likeness (QED) is 0.793. The van der Waals surface area contributed by atoms with Crippen LogP contribution in [0.2, 0.25) is 0 Å². The molecule has 0 saturated carbocycles. The fourth-order valence-electron chi connectivity index (χ4n) is 3.57. The van der Waals surface area contributed by atoms with E-state index in [2.05, 4.69) is 22.1 Å². The Balaban J connectivity index is 1.58. The highest BCUT2D eigenvalue weighted by atomic mass is 16.5. The number of morpholine rings is 1. The molecule has 1 N–H and O–H groups in total. The van der Waals surface area contributed by atoms with Gasteiger partial charge in [-0.2, -0.15) is 0 Å². The largest absolute Gasteiger partial charge is 0.379 e. The second-order valence-electron chi connectivity index (χ2n) is 6.91. The molecule has 2 aliphatic rings. The lowest BCUT2D eigenvalue weighted by atomic mass is 10.1. The van der Waals surface area contributed by atoms with Crippen LogP contribution in [0.25, 0.3) is 0 Å². The molecule has 2 saturated heterocycles. The SMILES string of the molecule is CCCN1CCN(C(=O)NC[C@@H](c2ccccn2)N2CCOCC2)CC1=O. The molecule has 0 unspecified atom stereocenters. The summed E-state index contributed by atoms with van der Waals surface area (Å²) in [4.78, 5) is 35.0. The molecule has 2 aliphatic heterocycles. The summed E-state index contributed by atoms with van der Waals surface area (Å²) in [5.74, 6) is 0.0210. The monoisotopic (exact) mass is 375 g/mol. The number of nitrogens with one attached hydrogen (secondary N) is 1. The summed E-state index contributed by atoms with van der Waals surface area (Å²) < 4.78 is 5.45. The Morgan fingerprint density at radius 1 is 1.26 bits per heavy atom. The minimum Gasteiger partial charge on any atom is -0.379 e. The molecular formula is C19H29N5O3. The van der Waals surface area contributed by atoms with Crippen molar-refractivity contribution in [2.75, 3.05) is 59.0 Å². The van der Waals surface area contributed by atoms with Crippen molar-refractivity contribution in [3.63, 3.8) is 0 Å². The van der Waals surface area contributed by atoms with E-state index >= 15 is 0 Å². The number of ether oxygens (including phenoxy) is 1. The highest BCUT2D eigenvalue weighted by Gasteiger charge is 2.28. The molecule has 3 amide bonds. The Bertz CT molecular complexity index is 621. The van der Waals surface area contributed by atoms with Gasteiger partial charge in [-0.05, 0) is 18.6 Å². The number of amides is 3. The smallest absolute Gasteiger partial charge is 0.317 e. The van der Waals surface area contributed by atoms with Gasteiger partial charge in [-0.1, -0.05) is 13.0 Å². The molecule has 3 rings (SSSR count). The lowest BCUT2D eigenvalue weighted by Gasteiger charge is -2.36. The van der Waals surface area contributed by atoms with Gasteiger partial charge < -0.3 is 19.9 Å². The Kier molecular flexibility index (Phi) is 7.00. The maximum Gasteiger partial charge on any atom is 0.317 e. The molecule has 0 radical (unpaired) electrons. The molecule has 27 heavy (non-hydrogen) atoms. The van der Waals surface area contributed by atoms with Crippen LogP contribution < -0.4 is 5.32 Å². The van der Waals surface area contributed by atoms with Crippen molar-refractivity contribution in [2.24, 2.45) is 0 Å². The van der Waals surface area contributed by atoms with Crippen molar-refractivity contribution in [3.8, 4) is 0 Å². The first-order chi connectivity index (χ1) is 13.2. The van der Waals surface area contributed by atoms with Crippen molar-refractivity contribution >= 4 is 11.9 Å². The third kappa shape index (κ3) is 5.17. The van der Waals surface area contributed by atoms with Crippen LogP contribution in [0.4, 0.5) is 4.79 Å². The lowest BCUT2D eigenvalue weighted by Crippen LogP contribution is -2.55. The van der Waals surface area contributed by atoms with E-state index < -0.39 is 0 Å². The Morgan fingerprint density at radius 2 is 2.07 bits per heavy atom. The highest BCUT2D eigenvalue weighted by Crippen LogP contribution is 2.19. The van der Waals surface area contributed by atoms with Gasteiger partial charge in [0.1, 0.15) is 6.54 Å². The first kappa shape index (κ1) is 19.6. The van der Waals surface area contributed by atoms with Crippen molar-refractivity contribution in [2.45, 2.75) is 19.4 Å². The molecule has 0 aliphatic carbocycles. The zero-order valence-electron chi connectivity index (χ0n) is 16.0. The van der Waals surface area contributed by atoms with E-state index in [1.54, 1.807) is 11.1 Å². The lowest BCUT2D eigenvalue weighted by molar-refractivity contribution is -0.134. The molecule has 8 nitrogen and oxygen atoms in total. The van der Waals surface area contributed by atoms with E-state index in [0.717, 1.165) is 31.7 Å². The predicted molar refractivity (Wildman–Crippen MR) is 101 cm³/mol. The van der Waals surface area contributed by atoms with Crippen molar-refractivity contribution in [1.82, 2.24) is 25.0 Å². The van der Waals surface area contributed by atoms with Crippen molar-refractivity contribution in [3.05, 3.63) is 30.1 Å². The summed E-state index contributed by atoms with van der Waals surface area (Å²) in [5, 5.41) is 3.01. The Hall–Kier alpha value is -2.19. The van der Waals surface area contributed by atoms with Crippen molar-refractivity contribution in [1.29, 1.82) is 0 Å². The van der Waals surface area contributed by atoms with E-state index in [-0.39, 0.29) is 24.5 Å². The van der Waals surface area contributed by atoms with E-state index in [1.807, 2.05) is 23.1 Å². The molecule has 1 aromatic heterocycles. The van der Waals surface area contributed by atoms with E-state index in [9.17, 15) is 9.59 Å². The number of piperazine rings is 1. The zero-order chi connectivity index (χ0) is 19.1. The number of carbonyl (C=O) groups excluding carboxylic acids is 2. The molecular weight excluding hydrogens is 346 g/mol. The number of carbonyl (C=O) groups is 2. The van der Waals surface area contributed by atoms with E-state index in [1.165, 1.54) is 0 Å². The van der Waals surface area contributed by atoms with Gasteiger partial charge in [0.15, 0.2) is 0 Å². The van der Waals surface area contributed by atoms with Crippen LogP contribution in [-0.4, -0.2) is 90.6 Å². The maximum absolute atomic E-state index is 12.6. The van der Waals surface area contributed by atoms with Gasteiger partial charge in [-0.15, -0.1) is 0 Å². The van der Waals surface area contributed by atoms with Gasteiger partial charge in [0.05, 0.1) is 24.9 Å². The summed E-state index contributed by atoms with van der Waals surface area (Å²) in [6.45, 7) is 7.59. The van der Waals surface area contributed by atoms with Gasteiger partial charge >= 0.3 is 6.03 Å². The fraction of sp³-hybridized carbons (Fsp3) is 0.632. The van der Waals surface area contributed by atoms with Gasteiger partial charge in [-0.25, -0.2) is 4.79 Å². The average molecular weight is 375 g/mol. The minimum atomic E-state index is -0.186. The first-order valence-electron chi connectivity index (χ1n) is 9.72. The van der Waals surface area contributed by atoms with Crippen LogP contribution in [0, 0.1) is 0 Å².